The van der Waals surface area contributed by atoms with Crippen molar-refractivity contribution in [2.75, 3.05) is 7.05 Å². The maximum Gasteiger partial charge on any atom is 0.238 e. The zero-order chi connectivity index (χ0) is 15.6. The highest BCUT2D eigenvalue weighted by molar-refractivity contribution is 7.89. The summed E-state index contributed by atoms with van der Waals surface area (Å²) in [5, 5.41) is 5.08. The first-order valence-corrected chi connectivity index (χ1v) is 8.75. The lowest BCUT2D eigenvalue weighted by Gasteiger charge is -2.28. The Bertz CT molecular complexity index is 604. The second kappa shape index (κ2) is 6.15. The lowest BCUT2D eigenvalue weighted by molar-refractivity contribution is -0.135. The second-order valence-corrected chi connectivity index (χ2v) is 7.28. The molecule has 1 aliphatic carbocycles. The monoisotopic (exact) mass is 310 g/mol. The van der Waals surface area contributed by atoms with Crippen LogP contribution in [0.1, 0.15) is 44.2 Å². The summed E-state index contributed by atoms with van der Waals surface area (Å²) in [4.78, 5) is 14.2. The first-order chi connectivity index (χ1) is 9.80. The van der Waals surface area contributed by atoms with Crippen molar-refractivity contribution in [3.63, 3.8) is 0 Å². The van der Waals surface area contributed by atoms with Crippen LogP contribution in [0.15, 0.2) is 29.2 Å². The van der Waals surface area contributed by atoms with Crippen molar-refractivity contribution in [1.29, 1.82) is 0 Å². The number of hydrogen-bond acceptors (Lipinski definition) is 3. The van der Waals surface area contributed by atoms with Crippen LogP contribution >= 0.6 is 0 Å². The van der Waals surface area contributed by atoms with Gasteiger partial charge in [0.05, 0.1) is 10.9 Å². The van der Waals surface area contributed by atoms with E-state index >= 15 is 0 Å². The Kier molecular flexibility index (Phi) is 4.68. The Morgan fingerprint density at radius 3 is 2.24 bits per heavy atom. The summed E-state index contributed by atoms with van der Waals surface area (Å²) in [6, 6.07) is 6.29. The van der Waals surface area contributed by atoms with Gasteiger partial charge in [-0.05, 0) is 37.5 Å². The molecule has 0 aliphatic heterocycles. The minimum Gasteiger partial charge on any atom is -0.339 e. The molecule has 1 aromatic rings. The van der Waals surface area contributed by atoms with Crippen molar-refractivity contribution in [2.24, 2.45) is 11.1 Å². The van der Waals surface area contributed by atoms with Gasteiger partial charge in [0.2, 0.25) is 15.9 Å². The Hall–Kier alpha value is -1.40. The highest BCUT2D eigenvalue weighted by Gasteiger charge is 2.28. The molecule has 1 aliphatic rings. The zero-order valence-electron chi connectivity index (χ0n) is 12.5. The number of primary sulfonamides is 1. The number of hydrogen-bond donors (Lipinski definition) is 1. The van der Waals surface area contributed by atoms with Gasteiger partial charge in [0.1, 0.15) is 0 Å². The lowest BCUT2D eigenvalue weighted by Crippen LogP contribution is -2.34. The largest absolute Gasteiger partial charge is 0.339 e. The van der Waals surface area contributed by atoms with E-state index < -0.39 is 10.0 Å². The van der Waals surface area contributed by atoms with Crippen molar-refractivity contribution in [1.82, 2.24) is 4.90 Å². The number of carbonyl (C=O) groups is 1. The number of amides is 1. The number of rotatable bonds is 4. The van der Waals surface area contributed by atoms with Crippen LogP contribution in [0.3, 0.4) is 0 Å². The van der Waals surface area contributed by atoms with E-state index in [1.54, 1.807) is 24.1 Å². The average molecular weight is 310 g/mol. The van der Waals surface area contributed by atoms with Gasteiger partial charge in [0, 0.05) is 13.0 Å². The van der Waals surface area contributed by atoms with E-state index in [0.29, 0.717) is 0 Å². The van der Waals surface area contributed by atoms with Crippen molar-refractivity contribution in [3.8, 4) is 0 Å². The van der Waals surface area contributed by atoms with Crippen LogP contribution in [-0.2, 0) is 14.8 Å². The minimum atomic E-state index is -3.68. The van der Waals surface area contributed by atoms with Gasteiger partial charge >= 0.3 is 0 Å². The maximum atomic E-state index is 12.4. The topological polar surface area (TPSA) is 80.5 Å². The predicted molar refractivity (Wildman–Crippen MR) is 81.0 cm³/mol. The van der Waals surface area contributed by atoms with Crippen LogP contribution in [0, 0.1) is 5.92 Å². The molecular weight excluding hydrogens is 288 g/mol. The summed E-state index contributed by atoms with van der Waals surface area (Å²) in [6.07, 6.45) is 4.20. The van der Waals surface area contributed by atoms with Gasteiger partial charge in [0.15, 0.2) is 0 Å². The Morgan fingerprint density at radius 2 is 1.76 bits per heavy atom. The van der Waals surface area contributed by atoms with Gasteiger partial charge in [-0.25, -0.2) is 13.6 Å². The Labute approximate surface area is 126 Å². The lowest BCUT2D eigenvalue weighted by atomic mass is 10.0. The van der Waals surface area contributed by atoms with Crippen molar-refractivity contribution >= 4 is 15.9 Å². The molecule has 0 saturated heterocycles. The normalized spacial score (nSPS) is 17.7. The first-order valence-electron chi connectivity index (χ1n) is 7.20. The smallest absolute Gasteiger partial charge is 0.238 e. The Balaban J connectivity index is 2.11. The molecule has 0 aromatic heterocycles. The molecule has 2 rings (SSSR count). The van der Waals surface area contributed by atoms with E-state index in [4.69, 9.17) is 5.14 Å². The van der Waals surface area contributed by atoms with Crippen LogP contribution in [0.2, 0.25) is 0 Å². The van der Waals surface area contributed by atoms with Crippen LogP contribution in [0.4, 0.5) is 0 Å². The zero-order valence-corrected chi connectivity index (χ0v) is 13.3. The molecule has 1 saturated carbocycles. The predicted octanol–water partition coefficient (Wildman–Crippen LogP) is 2.04. The summed E-state index contributed by atoms with van der Waals surface area (Å²) in [6.45, 7) is 1.94. The number of carbonyl (C=O) groups excluding carboxylic acids is 1. The minimum absolute atomic E-state index is 0.0863. The van der Waals surface area contributed by atoms with E-state index in [-0.39, 0.29) is 22.8 Å². The fourth-order valence-corrected chi connectivity index (χ4v) is 3.33. The molecule has 5 nitrogen and oxygen atoms in total. The third-order valence-electron chi connectivity index (χ3n) is 4.32. The number of benzene rings is 1. The van der Waals surface area contributed by atoms with Crippen molar-refractivity contribution in [2.45, 2.75) is 43.5 Å². The van der Waals surface area contributed by atoms with Gasteiger partial charge < -0.3 is 4.90 Å². The van der Waals surface area contributed by atoms with Gasteiger partial charge in [-0.15, -0.1) is 0 Å². The number of sulfonamides is 1. The molecule has 0 bridgehead atoms. The third-order valence-corrected chi connectivity index (χ3v) is 5.25. The summed E-state index contributed by atoms with van der Waals surface area (Å²) in [5.74, 6) is 0.316. The molecule has 1 fully saturated rings. The molecule has 0 unspecified atom stereocenters. The van der Waals surface area contributed by atoms with Crippen LogP contribution in [0.5, 0.6) is 0 Å². The molecule has 2 N–H and O–H groups in total. The third kappa shape index (κ3) is 3.63. The van der Waals surface area contributed by atoms with E-state index in [2.05, 4.69) is 0 Å². The van der Waals surface area contributed by atoms with Gasteiger partial charge in [-0.2, -0.15) is 0 Å². The van der Waals surface area contributed by atoms with E-state index in [1.165, 1.54) is 12.1 Å². The summed E-state index contributed by atoms with van der Waals surface area (Å²) < 4.78 is 22.5. The summed E-state index contributed by atoms with van der Waals surface area (Å²) in [7, 11) is -1.87. The molecule has 116 valence electrons. The first kappa shape index (κ1) is 16.0. The molecule has 6 heteroatoms. The van der Waals surface area contributed by atoms with Crippen LogP contribution in [-0.4, -0.2) is 26.3 Å². The molecule has 1 atom stereocenters. The molecular formula is C15H22N2O3S. The molecule has 21 heavy (non-hydrogen) atoms. The van der Waals surface area contributed by atoms with E-state index in [1.807, 2.05) is 6.92 Å². The average Bonchev–Trinajstić information content (AvgIpc) is 2.98. The maximum absolute atomic E-state index is 12.4. The van der Waals surface area contributed by atoms with Crippen molar-refractivity contribution in [3.05, 3.63) is 29.8 Å². The van der Waals surface area contributed by atoms with Gasteiger partial charge in [-0.1, -0.05) is 25.0 Å². The standard InChI is InChI=1S/C15H22N2O3S/c1-11(17(2)15(18)13-5-3-4-6-13)12-7-9-14(10-8-12)21(16,19)20/h7-11,13H,3-6H2,1-2H3,(H2,16,19,20)/t11-/m0/s1. The fraction of sp³-hybridized carbons (Fsp3) is 0.533. The van der Waals surface area contributed by atoms with Crippen molar-refractivity contribution < 1.29 is 13.2 Å². The highest BCUT2D eigenvalue weighted by Crippen LogP contribution is 2.29. The summed E-state index contributed by atoms with van der Waals surface area (Å²) >= 11 is 0. The highest BCUT2D eigenvalue weighted by atomic mass is 32.2. The van der Waals surface area contributed by atoms with Crippen LogP contribution < -0.4 is 5.14 Å². The SMILES string of the molecule is C[C@@H](c1ccc(S(N)(=O)=O)cc1)N(C)C(=O)C1CCCC1. The molecule has 0 heterocycles. The molecule has 1 amide bonds. The van der Waals surface area contributed by atoms with Gasteiger partial charge in [0.25, 0.3) is 0 Å². The number of nitrogens with zero attached hydrogens (tertiary/aromatic N) is 1. The van der Waals surface area contributed by atoms with E-state index in [0.717, 1.165) is 31.2 Å². The quantitative estimate of drug-likeness (QED) is 0.924. The number of nitrogens with two attached hydrogens (primary N) is 1. The Morgan fingerprint density at radius 1 is 1.24 bits per heavy atom. The van der Waals surface area contributed by atoms with E-state index in [9.17, 15) is 13.2 Å². The molecule has 0 spiro atoms. The fourth-order valence-electron chi connectivity index (χ4n) is 2.81. The molecule has 0 radical (unpaired) electrons. The molecule has 1 aromatic carbocycles. The van der Waals surface area contributed by atoms with Crippen LogP contribution in [0.25, 0.3) is 0 Å². The second-order valence-electron chi connectivity index (χ2n) is 5.72. The van der Waals surface area contributed by atoms with Gasteiger partial charge in [-0.3, -0.25) is 4.79 Å². The summed E-state index contributed by atoms with van der Waals surface area (Å²) in [5.41, 5.74) is 0.899.